The first-order valence-corrected chi connectivity index (χ1v) is 3.51. The average Bonchev–Trinajstić information content (AvgIpc) is 2.48. The van der Waals surface area contributed by atoms with Gasteiger partial charge in [0.1, 0.15) is 13.1 Å². The number of nitrogens with zero attached hydrogens (tertiary/aromatic N) is 4. The maximum atomic E-state index is 11.0. The van der Waals surface area contributed by atoms with E-state index in [-0.39, 0.29) is 24.8 Å². The summed E-state index contributed by atoms with van der Waals surface area (Å²) in [6.45, 7) is -0.0472. The Hall–Kier alpha value is -2.10. The van der Waals surface area contributed by atoms with Crippen LogP contribution in [0.15, 0.2) is 6.20 Å². The van der Waals surface area contributed by atoms with E-state index in [2.05, 4.69) is 15.5 Å². The molecule has 1 aromatic rings. The molecule has 0 saturated carbocycles. The van der Waals surface area contributed by atoms with Crippen LogP contribution in [0.4, 0.5) is 5.82 Å². The Kier molecular flexibility index (Phi) is 2.81. The molecule has 0 bridgehead atoms. The quantitative estimate of drug-likeness (QED) is 0.550. The van der Waals surface area contributed by atoms with Gasteiger partial charge in [0, 0.05) is 0 Å². The van der Waals surface area contributed by atoms with Crippen LogP contribution in [0.2, 0.25) is 0 Å². The number of amides is 1. The SMILES string of the molecule is N#CCNC(=O)Cn1ncc(N)n1. The van der Waals surface area contributed by atoms with Crippen LogP contribution in [-0.2, 0) is 11.3 Å². The van der Waals surface area contributed by atoms with Crippen LogP contribution in [0.25, 0.3) is 0 Å². The van der Waals surface area contributed by atoms with E-state index in [1.165, 1.54) is 6.20 Å². The Morgan fingerprint density at radius 2 is 2.62 bits per heavy atom. The maximum absolute atomic E-state index is 11.0. The molecule has 0 aliphatic carbocycles. The van der Waals surface area contributed by atoms with Crippen molar-refractivity contribution in [1.82, 2.24) is 20.3 Å². The van der Waals surface area contributed by atoms with Crippen molar-refractivity contribution < 1.29 is 4.79 Å². The normalized spacial score (nSPS) is 9.15. The molecule has 0 aliphatic rings. The molecule has 1 amide bonds. The molecule has 0 fully saturated rings. The number of hydrogen-bond acceptors (Lipinski definition) is 5. The van der Waals surface area contributed by atoms with Crippen LogP contribution in [0, 0.1) is 11.3 Å². The van der Waals surface area contributed by atoms with Gasteiger partial charge in [-0.15, -0.1) is 5.10 Å². The lowest BCUT2D eigenvalue weighted by Crippen LogP contribution is -2.28. The summed E-state index contributed by atoms with van der Waals surface area (Å²) in [7, 11) is 0. The van der Waals surface area contributed by atoms with Gasteiger partial charge in [-0.2, -0.15) is 15.2 Å². The van der Waals surface area contributed by atoms with Crippen LogP contribution >= 0.6 is 0 Å². The first-order valence-electron chi connectivity index (χ1n) is 3.51. The van der Waals surface area contributed by atoms with Gasteiger partial charge in [0.25, 0.3) is 0 Å². The fourth-order valence-electron chi connectivity index (χ4n) is 0.709. The van der Waals surface area contributed by atoms with Crippen LogP contribution in [0.5, 0.6) is 0 Å². The van der Waals surface area contributed by atoms with Crippen molar-refractivity contribution in [2.45, 2.75) is 6.54 Å². The highest BCUT2D eigenvalue weighted by atomic mass is 16.2. The number of carbonyl (C=O) groups excluding carboxylic acids is 1. The van der Waals surface area contributed by atoms with Gasteiger partial charge in [0.15, 0.2) is 5.82 Å². The summed E-state index contributed by atoms with van der Waals surface area (Å²) < 4.78 is 0. The Bertz CT molecular complexity index is 337. The van der Waals surface area contributed by atoms with Crippen molar-refractivity contribution in [1.29, 1.82) is 5.26 Å². The molecule has 1 heterocycles. The lowest BCUT2D eigenvalue weighted by molar-refractivity contribution is -0.121. The fourth-order valence-corrected chi connectivity index (χ4v) is 0.709. The van der Waals surface area contributed by atoms with Crippen LogP contribution < -0.4 is 11.1 Å². The molecule has 0 saturated heterocycles. The Morgan fingerprint density at radius 1 is 1.85 bits per heavy atom. The van der Waals surface area contributed by atoms with Gasteiger partial charge in [0.2, 0.25) is 5.91 Å². The molecule has 0 unspecified atom stereocenters. The lowest BCUT2D eigenvalue weighted by atomic mass is 10.6. The zero-order valence-electron chi connectivity index (χ0n) is 6.77. The van der Waals surface area contributed by atoms with Crippen molar-refractivity contribution in [2.75, 3.05) is 12.3 Å². The number of nitrogens with one attached hydrogen (secondary N) is 1. The van der Waals surface area contributed by atoms with E-state index in [1.54, 1.807) is 6.07 Å². The summed E-state index contributed by atoms with van der Waals surface area (Å²) in [5.41, 5.74) is 5.28. The summed E-state index contributed by atoms with van der Waals surface area (Å²) in [5.74, 6) is -0.0646. The highest BCUT2D eigenvalue weighted by Crippen LogP contribution is 1.89. The zero-order valence-corrected chi connectivity index (χ0v) is 6.77. The van der Waals surface area contributed by atoms with Crippen molar-refractivity contribution >= 4 is 11.7 Å². The van der Waals surface area contributed by atoms with Crippen molar-refractivity contribution in [3.63, 3.8) is 0 Å². The van der Waals surface area contributed by atoms with Gasteiger partial charge < -0.3 is 11.1 Å². The highest BCUT2D eigenvalue weighted by molar-refractivity contribution is 5.75. The number of nitriles is 1. The van der Waals surface area contributed by atoms with Gasteiger partial charge >= 0.3 is 0 Å². The average molecular weight is 180 g/mol. The third-order valence-electron chi connectivity index (χ3n) is 1.20. The minimum absolute atomic E-state index is 0.0183. The van der Waals surface area contributed by atoms with Crippen LogP contribution in [-0.4, -0.2) is 27.4 Å². The smallest absolute Gasteiger partial charge is 0.244 e. The van der Waals surface area contributed by atoms with E-state index in [4.69, 9.17) is 11.0 Å². The molecule has 0 aromatic carbocycles. The lowest BCUT2D eigenvalue weighted by Gasteiger charge is -1.98. The molecule has 7 nitrogen and oxygen atoms in total. The van der Waals surface area contributed by atoms with E-state index in [0.29, 0.717) is 0 Å². The first-order chi connectivity index (χ1) is 6.22. The number of carbonyl (C=O) groups is 1. The second-order valence-corrected chi connectivity index (χ2v) is 2.23. The molecule has 13 heavy (non-hydrogen) atoms. The molecule has 0 radical (unpaired) electrons. The number of aromatic nitrogens is 3. The molecule has 0 spiro atoms. The van der Waals surface area contributed by atoms with Gasteiger partial charge in [-0.1, -0.05) is 0 Å². The topological polar surface area (TPSA) is 110 Å². The van der Waals surface area contributed by atoms with E-state index in [0.717, 1.165) is 4.80 Å². The summed E-state index contributed by atoms with van der Waals surface area (Å²) in [5, 5.41) is 17.9. The molecule has 3 N–H and O–H groups in total. The number of rotatable bonds is 3. The van der Waals surface area contributed by atoms with E-state index in [1.807, 2.05) is 0 Å². The monoisotopic (exact) mass is 180 g/mol. The summed E-state index contributed by atoms with van der Waals surface area (Å²) >= 11 is 0. The maximum Gasteiger partial charge on any atom is 0.244 e. The zero-order chi connectivity index (χ0) is 9.68. The Balaban J connectivity index is 2.41. The molecule has 7 heteroatoms. The van der Waals surface area contributed by atoms with Crippen molar-refractivity contribution in [3.05, 3.63) is 6.20 Å². The Morgan fingerprint density at radius 3 is 3.15 bits per heavy atom. The van der Waals surface area contributed by atoms with Crippen molar-refractivity contribution in [2.24, 2.45) is 0 Å². The number of nitrogen functional groups attached to an aromatic ring is 1. The minimum atomic E-state index is -0.322. The Labute approximate surface area is 74.1 Å². The van der Waals surface area contributed by atoms with E-state index in [9.17, 15) is 4.79 Å². The molecule has 1 rings (SSSR count). The van der Waals surface area contributed by atoms with E-state index >= 15 is 0 Å². The standard InChI is InChI=1S/C6H8N6O/c7-1-2-9-6(13)4-12-10-3-5(8)11-12/h3H,2,4H2,(H2,8,11)(H,9,13). The van der Waals surface area contributed by atoms with Gasteiger partial charge in [0.05, 0.1) is 12.3 Å². The van der Waals surface area contributed by atoms with Crippen LogP contribution in [0.3, 0.4) is 0 Å². The molecule has 0 aliphatic heterocycles. The van der Waals surface area contributed by atoms with Crippen molar-refractivity contribution in [3.8, 4) is 6.07 Å². The molecular weight excluding hydrogens is 172 g/mol. The van der Waals surface area contributed by atoms with Gasteiger partial charge in [-0.3, -0.25) is 4.79 Å². The first kappa shape index (κ1) is 8.99. The van der Waals surface area contributed by atoms with Gasteiger partial charge in [-0.05, 0) is 0 Å². The third-order valence-corrected chi connectivity index (χ3v) is 1.20. The number of nitrogens with two attached hydrogens (primary N) is 1. The van der Waals surface area contributed by atoms with Gasteiger partial charge in [-0.25, -0.2) is 0 Å². The second-order valence-electron chi connectivity index (χ2n) is 2.23. The molecule has 0 atom stereocenters. The summed E-state index contributed by atoms with van der Waals surface area (Å²) in [6, 6.07) is 1.78. The third kappa shape index (κ3) is 2.78. The second kappa shape index (κ2) is 4.06. The molecule has 68 valence electrons. The summed E-state index contributed by atoms with van der Waals surface area (Å²) in [4.78, 5) is 12.1. The van der Waals surface area contributed by atoms with Crippen LogP contribution in [0.1, 0.15) is 0 Å². The predicted molar refractivity (Wildman–Crippen MR) is 43.1 cm³/mol. The predicted octanol–water partition coefficient (Wildman–Crippen LogP) is -1.50. The molecule has 1 aromatic heterocycles. The molecular formula is C6H8N6O. The summed E-state index contributed by atoms with van der Waals surface area (Å²) in [6.07, 6.45) is 1.34. The number of anilines is 1. The minimum Gasteiger partial charge on any atom is -0.381 e. The highest BCUT2D eigenvalue weighted by Gasteiger charge is 2.03. The van der Waals surface area contributed by atoms with E-state index < -0.39 is 0 Å². The number of hydrogen-bond donors (Lipinski definition) is 2. The fraction of sp³-hybridized carbons (Fsp3) is 0.333. The largest absolute Gasteiger partial charge is 0.381 e.